The largest absolute Gasteiger partial charge is 0.368 e. The van der Waals surface area contributed by atoms with Crippen molar-refractivity contribution in [1.82, 2.24) is 0 Å². The van der Waals surface area contributed by atoms with Crippen LogP contribution in [0.25, 0.3) is 11.1 Å². The number of ether oxygens (including phenoxy) is 1. The van der Waals surface area contributed by atoms with Crippen molar-refractivity contribution >= 4 is 10.7 Å². The summed E-state index contributed by atoms with van der Waals surface area (Å²) < 4.78 is 27.9. The van der Waals surface area contributed by atoms with E-state index < -0.39 is 10.7 Å². The molecule has 1 aliphatic rings. The van der Waals surface area contributed by atoms with Crippen molar-refractivity contribution in [3.8, 4) is 11.1 Å². The fraction of sp³-hybridized carbons (Fsp3) is 0.143. The minimum absolute atomic E-state index is 0.0793. The Hall–Kier alpha value is -1.65. The van der Waals surface area contributed by atoms with Gasteiger partial charge in [0.1, 0.15) is 6.10 Å². The molecule has 0 aromatic heterocycles. The summed E-state index contributed by atoms with van der Waals surface area (Å²) in [5.41, 5.74) is 2.75. The first-order valence-corrected chi connectivity index (χ1v) is 6.89. The zero-order valence-corrected chi connectivity index (χ0v) is 10.5. The number of epoxide rings is 1. The first-order valence-electron chi connectivity index (χ1n) is 5.71. The van der Waals surface area contributed by atoms with Gasteiger partial charge < -0.3 is 4.74 Å². The highest BCUT2D eigenvalue weighted by Crippen LogP contribution is 2.39. The minimum atomic E-state index is -2.60. The molecule has 0 radical (unpaired) electrons. The molecule has 2 aromatic carbocycles. The number of hydrogen-bond acceptors (Lipinski definition) is 3. The Balaban J connectivity index is 2.23. The second-order valence-corrected chi connectivity index (χ2v) is 5.18. The molecule has 1 unspecified atom stereocenters. The molecular weight excluding hydrogens is 248 g/mol. The van der Waals surface area contributed by atoms with Crippen LogP contribution < -0.4 is 0 Å². The molecule has 1 atom stereocenters. The summed E-state index contributed by atoms with van der Waals surface area (Å²) in [6, 6.07) is 15.1. The van der Waals surface area contributed by atoms with Crippen LogP contribution in [0, 0.1) is 0 Å². The van der Waals surface area contributed by atoms with Crippen molar-refractivity contribution in [1.29, 1.82) is 0 Å². The van der Waals surface area contributed by atoms with E-state index in [1.54, 1.807) is 12.1 Å². The highest BCUT2D eigenvalue weighted by Gasteiger charge is 2.31. The predicted octanol–water partition coefficient (Wildman–Crippen LogP) is 2.40. The Labute approximate surface area is 107 Å². The molecule has 0 amide bonds. The van der Waals surface area contributed by atoms with Gasteiger partial charge >= 0.3 is 0 Å². The molecular formula is C14H12O3S. The van der Waals surface area contributed by atoms with E-state index in [0.29, 0.717) is 11.5 Å². The lowest BCUT2D eigenvalue weighted by molar-refractivity contribution is 0.413. The second-order valence-electron chi connectivity index (χ2n) is 4.18. The maximum Gasteiger partial charge on any atom is 0.168 e. The van der Waals surface area contributed by atoms with E-state index in [2.05, 4.69) is 0 Å². The van der Waals surface area contributed by atoms with Gasteiger partial charge in [-0.15, -0.1) is 0 Å². The van der Waals surface area contributed by atoms with Crippen molar-refractivity contribution in [2.75, 3.05) is 6.61 Å². The molecule has 1 saturated heterocycles. The van der Waals surface area contributed by atoms with Crippen LogP contribution in [-0.2, 0) is 15.4 Å². The van der Waals surface area contributed by atoms with E-state index in [-0.39, 0.29) is 6.10 Å². The molecule has 18 heavy (non-hydrogen) atoms. The fourth-order valence-corrected chi connectivity index (χ4v) is 2.80. The quantitative estimate of drug-likeness (QED) is 0.681. The summed E-state index contributed by atoms with van der Waals surface area (Å²) in [6.45, 7) is 0.597. The van der Waals surface area contributed by atoms with Crippen LogP contribution in [0.3, 0.4) is 0 Å². The van der Waals surface area contributed by atoms with Crippen LogP contribution in [0.1, 0.15) is 11.7 Å². The molecule has 0 aliphatic carbocycles. The van der Waals surface area contributed by atoms with Crippen molar-refractivity contribution < 1.29 is 13.2 Å². The number of benzene rings is 2. The molecule has 0 N–H and O–H groups in total. The van der Waals surface area contributed by atoms with Gasteiger partial charge in [-0.3, -0.25) is 0 Å². The van der Waals surface area contributed by atoms with E-state index in [0.717, 1.165) is 16.7 Å². The van der Waals surface area contributed by atoms with Crippen molar-refractivity contribution in [3.63, 3.8) is 0 Å². The van der Waals surface area contributed by atoms with Gasteiger partial charge in [0.25, 0.3) is 0 Å². The van der Waals surface area contributed by atoms with Gasteiger partial charge in [0.2, 0.25) is 0 Å². The molecule has 1 fully saturated rings. The van der Waals surface area contributed by atoms with Crippen LogP contribution in [0.15, 0.2) is 53.4 Å². The minimum Gasteiger partial charge on any atom is -0.368 e. The van der Waals surface area contributed by atoms with E-state index in [1.807, 2.05) is 36.4 Å². The molecule has 1 aliphatic heterocycles. The maximum absolute atomic E-state index is 11.3. The summed E-state index contributed by atoms with van der Waals surface area (Å²) in [5.74, 6) is 0. The zero-order valence-electron chi connectivity index (χ0n) is 9.58. The van der Waals surface area contributed by atoms with Gasteiger partial charge in [0.05, 0.1) is 11.5 Å². The highest BCUT2D eigenvalue weighted by molar-refractivity contribution is 7.72. The molecule has 0 bridgehead atoms. The van der Waals surface area contributed by atoms with Gasteiger partial charge in [0.15, 0.2) is 10.7 Å². The monoisotopic (exact) mass is 260 g/mol. The lowest BCUT2D eigenvalue weighted by atomic mass is 9.98. The molecule has 0 saturated carbocycles. The van der Waals surface area contributed by atoms with Gasteiger partial charge in [0, 0.05) is 5.56 Å². The van der Waals surface area contributed by atoms with E-state index in [1.165, 1.54) is 0 Å². The third-order valence-corrected chi connectivity index (χ3v) is 3.80. The molecule has 3 nitrogen and oxygen atoms in total. The SMILES string of the molecule is O=[SH](=O)c1cccc(-c2ccccc2)c1C1CO1. The normalized spacial score (nSPS) is 17.9. The molecule has 1 heterocycles. The smallest absolute Gasteiger partial charge is 0.168 e. The zero-order chi connectivity index (χ0) is 12.5. The Kier molecular flexibility index (Phi) is 2.89. The standard InChI is InChI=1S/C14H12O3S/c15-18(16)13-8-4-7-11(14(13)12-9-17-12)10-5-2-1-3-6-10/h1-8,12,18H,9H2. The lowest BCUT2D eigenvalue weighted by Crippen LogP contribution is -1.95. The summed E-state index contributed by atoms with van der Waals surface area (Å²) in [7, 11) is -2.60. The van der Waals surface area contributed by atoms with Gasteiger partial charge in [-0.1, -0.05) is 42.5 Å². The average molecular weight is 260 g/mol. The fourth-order valence-electron chi connectivity index (χ4n) is 2.13. The number of thiol groups is 1. The van der Waals surface area contributed by atoms with Gasteiger partial charge in [-0.25, -0.2) is 8.42 Å². The average Bonchev–Trinajstić information content (AvgIpc) is 3.23. The summed E-state index contributed by atoms with van der Waals surface area (Å²) in [5, 5.41) is 0. The maximum atomic E-state index is 11.3. The van der Waals surface area contributed by atoms with Crippen LogP contribution in [-0.4, -0.2) is 15.0 Å². The lowest BCUT2D eigenvalue weighted by Gasteiger charge is -2.09. The first kappa shape index (κ1) is 11.4. The molecule has 3 rings (SSSR count). The Morgan fingerprint density at radius 3 is 2.33 bits per heavy atom. The Morgan fingerprint density at radius 2 is 1.72 bits per heavy atom. The predicted molar refractivity (Wildman–Crippen MR) is 69.2 cm³/mol. The van der Waals surface area contributed by atoms with Gasteiger partial charge in [-0.05, 0) is 17.2 Å². The van der Waals surface area contributed by atoms with Crippen molar-refractivity contribution in [2.24, 2.45) is 0 Å². The summed E-state index contributed by atoms with van der Waals surface area (Å²) in [6.07, 6.45) is -0.0793. The Morgan fingerprint density at radius 1 is 1.00 bits per heavy atom. The third-order valence-electron chi connectivity index (χ3n) is 3.02. The molecule has 4 heteroatoms. The molecule has 2 aromatic rings. The number of rotatable bonds is 3. The van der Waals surface area contributed by atoms with E-state index in [4.69, 9.17) is 4.74 Å². The van der Waals surface area contributed by atoms with Gasteiger partial charge in [-0.2, -0.15) is 0 Å². The summed E-state index contributed by atoms with van der Waals surface area (Å²) >= 11 is 0. The van der Waals surface area contributed by atoms with E-state index >= 15 is 0 Å². The third kappa shape index (κ3) is 2.05. The number of hydrogen-bond donors (Lipinski definition) is 1. The molecule has 0 spiro atoms. The second kappa shape index (κ2) is 4.55. The van der Waals surface area contributed by atoms with Crippen molar-refractivity contribution in [3.05, 3.63) is 54.1 Å². The van der Waals surface area contributed by atoms with Crippen LogP contribution in [0.4, 0.5) is 0 Å². The van der Waals surface area contributed by atoms with Crippen molar-refractivity contribution in [2.45, 2.75) is 11.0 Å². The summed E-state index contributed by atoms with van der Waals surface area (Å²) in [4.78, 5) is 0.369. The van der Waals surface area contributed by atoms with Crippen LogP contribution in [0.2, 0.25) is 0 Å². The first-order chi connectivity index (χ1) is 8.77. The van der Waals surface area contributed by atoms with E-state index in [9.17, 15) is 8.42 Å². The topological polar surface area (TPSA) is 46.7 Å². The Bertz CT molecular complexity index is 635. The van der Waals surface area contributed by atoms with Crippen LogP contribution >= 0.6 is 0 Å². The molecule has 92 valence electrons. The van der Waals surface area contributed by atoms with Crippen LogP contribution in [0.5, 0.6) is 0 Å². The highest BCUT2D eigenvalue weighted by atomic mass is 32.2.